The Hall–Kier alpha value is -5.34. The third kappa shape index (κ3) is 13.4. The molecule has 0 saturated heterocycles. The van der Waals surface area contributed by atoms with Gasteiger partial charge in [-0.1, -0.05) is 109 Å². The molecule has 6 aromatic carbocycles. The van der Waals surface area contributed by atoms with Gasteiger partial charge in [-0.25, -0.2) is 0 Å². The molecule has 3 N–H and O–H groups in total. The van der Waals surface area contributed by atoms with Crippen LogP contribution in [0.4, 0.5) is 34.1 Å². The van der Waals surface area contributed by atoms with Crippen molar-refractivity contribution in [1.29, 1.82) is 0 Å². The number of benzene rings is 6. The van der Waals surface area contributed by atoms with Gasteiger partial charge in [0.15, 0.2) is 0 Å². The fraction of sp³-hybridized carbons (Fsp3) is 0.143. The smallest absolute Gasteiger partial charge is 0.402 e. The molecule has 0 radical (unpaired) electrons. The fourth-order valence-electron chi connectivity index (χ4n) is 5.19. The van der Waals surface area contributed by atoms with Crippen LogP contribution in [-0.2, 0) is 0 Å². The van der Waals surface area contributed by atoms with E-state index in [4.69, 9.17) is 15.1 Å². The van der Waals surface area contributed by atoms with E-state index < -0.39 is 7.32 Å². The second kappa shape index (κ2) is 22.3. The van der Waals surface area contributed by atoms with Crippen LogP contribution in [0.1, 0.15) is 20.8 Å². The number of para-hydroxylation sites is 6. The Labute approximate surface area is 293 Å². The quantitative estimate of drug-likeness (QED) is 0.135. The molecule has 0 unspecified atom stereocenters. The first kappa shape index (κ1) is 38.1. The minimum Gasteiger partial charge on any atom is -0.402 e. The molecule has 0 spiro atoms. The molecule has 6 nitrogen and oxygen atoms in total. The van der Waals surface area contributed by atoms with Crippen LogP contribution in [0.25, 0.3) is 0 Å². The van der Waals surface area contributed by atoms with Gasteiger partial charge in [0.05, 0.1) is 0 Å². The van der Waals surface area contributed by atoms with Crippen molar-refractivity contribution in [1.82, 2.24) is 0 Å². The van der Waals surface area contributed by atoms with Crippen molar-refractivity contribution < 1.29 is 15.1 Å². The monoisotopic (exact) mass is 653 g/mol. The molecule has 0 aliphatic carbocycles. The normalized spacial score (nSPS) is 9.67. The summed E-state index contributed by atoms with van der Waals surface area (Å²) >= 11 is 0. The summed E-state index contributed by atoms with van der Waals surface area (Å²) < 4.78 is 0. The summed E-state index contributed by atoms with van der Waals surface area (Å²) in [6.45, 7) is 9.44. The third-order valence-corrected chi connectivity index (χ3v) is 7.36. The van der Waals surface area contributed by atoms with E-state index in [1.807, 2.05) is 36.4 Å². The summed E-state index contributed by atoms with van der Waals surface area (Å²) in [5, 5.41) is 21.5. The van der Waals surface area contributed by atoms with E-state index >= 15 is 0 Å². The summed E-state index contributed by atoms with van der Waals surface area (Å²) in [6.07, 6.45) is 0. The maximum absolute atomic E-state index is 7.17. The number of anilines is 6. The average molecular weight is 654 g/mol. The summed E-state index contributed by atoms with van der Waals surface area (Å²) in [6, 6.07) is 62.7. The average Bonchev–Trinajstić information content (AvgIpc) is 3.16. The van der Waals surface area contributed by atoms with Crippen LogP contribution in [-0.4, -0.2) is 42.0 Å². The first-order valence-electron chi connectivity index (χ1n) is 16.7. The Kier molecular flexibility index (Phi) is 17.3. The molecule has 6 aromatic rings. The highest BCUT2D eigenvalue weighted by Crippen LogP contribution is 2.26. The summed E-state index contributed by atoms with van der Waals surface area (Å²) in [7, 11) is -2.17. The van der Waals surface area contributed by atoms with E-state index in [-0.39, 0.29) is 0 Å². The Bertz CT molecular complexity index is 1330. The van der Waals surface area contributed by atoms with Crippen LogP contribution in [0.3, 0.4) is 0 Å². The zero-order chi connectivity index (χ0) is 35.1. The van der Waals surface area contributed by atoms with Crippen molar-refractivity contribution in [2.24, 2.45) is 0 Å². The zero-order valence-electron chi connectivity index (χ0n) is 28.7. The maximum Gasteiger partial charge on any atom is 0.631 e. The van der Waals surface area contributed by atoms with E-state index in [9.17, 15) is 0 Å². The lowest BCUT2D eigenvalue weighted by Crippen LogP contribution is -2.15. The van der Waals surface area contributed by atoms with Gasteiger partial charge in [-0.05, 0) is 93.6 Å². The Balaban J connectivity index is 0.000000188. The minimum absolute atomic E-state index is 0.980. The molecule has 0 fully saturated rings. The number of hydrogen-bond donors (Lipinski definition) is 3. The topological polar surface area (TPSA) is 70.4 Å². The van der Waals surface area contributed by atoms with Crippen LogP contribution < -0.4 is 14.7 Å². The van der Waals surface area contributed by atoms with Gasteiger partial charge in [0.2, 0.25) is 0 Å². The van der Waals surface area contributed by atoms with Gasteiger partial charge in [-0.3, -0.25) is 0 Å². The van der Waals surface area contributed by atoms with Gasteiger partial charge in [0.1, 0.15) is 0 Å². The minimum atomic E-state index is -2.17. The predicted molar refractivity (Wildman–Crippen MR) is 209 cm³/mol. The number of hydrogen-bond acceptors (Lipinski definition) is 6. The van der Waals surface area contributed by atoms with Crippen molar-refractivity contribution in [2.45, 2.75) is 20.8 Å². The Morgan fingerprint density at radius 2 is 0.429 bits per heavy atom. The van der Waals surface area contributed by atoms with E-state index in [1.165, 1.54) is 34.1 Å². The highest BCUT2D eigenvalue weighted by Gasteiger charge is 2.06. The molecule has 252 valence electrons. The maximum atomic E-state index is 7.17. The molecule has 0 bridgehead atoms. The second-order valence-corrected chi connectivity index (χ2v) is 10.6. The third-order valence-electron chi connectivity index (χ3n) is 7.36. The lowest BCUT2D eigenvalue weighted by atomic mass is 10.2. The highest BCUT2D eigenvalue weighted by molar-refractivity contribution is 6.30. The lowest BCUT2D eigenvalue weighted by molar-refractivity contribution is 0.278. The van der Waals surface area contributed by atoms with Crippen molar-refractivity contribution in [3.05, 3.63) is 182 Å². The molecule has 0 aliphatic heterocycles. The van der Waals surface area contributed by atoms with Crippen LogP contribution >= 0.6 is 0 Å². The predicted octanol–water partition coefficient (Wildman–Crippen LogP) is 9.48. The molecular formula is C42H48BN3O3. The number of rotatable bonds is 9. The SMILES string of the molecule is CCN(c1ccccc1)c1ccccc1.CCN(c1ccccc1)c1ccccc1.CCN(c1ccccc1)c1ccccc1.OB(O)O. The lowest BCUT2D eigenvalue weighted by Gasteiger charge is -2.23. The van der Waals surface area contributed by atoms with Crippen LogP contribution in [0.2, 0.25) is 0 Å². The van der Waals surface area contributed by atoms with E-state index in [0.29, 0.717) is 0 Å². The number of nitrogens with zero attached hydrogens (tertiary/aromatic N) is 3. The van der Waals surface area contributed by atoms with E-state index in [0.717, 1.165) is 19.6 Å². The fourth-order valence-corrected chi connectivity index (χ4v) is 5.19. The molecule has 0 saturated carbocycles. The highest BCUT2D eigenvalue weighted by atomic mass is 16.5. The zero-order valence-corrected chi connectivity index (χ0v) is 28.7. The standard InChI is InChI=1S/3C14H15N.BH3O3/c3*1-2-15(13-9-5-3-6-10-13)14-11-7-4-8-12-14;2-1(3)4/h3*3-12H,2H2,1H3;2-4H. The summed E-state index contributed by atoms with van der Waals surface area (Å²) in [5.74, 6) is 0. The van der Waals surface area contributed by atoms with Crippen LogP contribution in [0.15, 0.2) is 182 Å². The molecular weight excluding hydrogens is 605 g/mol. The van der Waals surface area contributed by atoms with Crippen molar-refractivity contribution >= 4 is 41.4 Å². The molecule has 6 rings (SSSR count). The molecule has 49 heavy (non-hydrogen) atoms. The summed E-state index contributed by atoms with van der Waals surface area (Å²) in [5.41, 5.74) is 7.45. The van der Waals surface area contributed by atoms with Gasteiger partial charge in [-0.2, -0.15) is 0 Å². The molecule has 0 aliphatic rings. The van der Waals surface area contributed by atoms with Crippen molar-refractivity contribution in [3.8, 4) is 0 Å². The largest absolute Gasteiger partial charge is 0.631 e. The second-order valence-electron chi connectivity index (χ2n) is 10.6. The van der Waals surface area contributed by atoms with Crippen LogP contribution in [0, 0.1) is 0 Å². The van der Waals surface area contributed by atoms with E-state index in [2.05, 4.69) is 181 Å². The van der Waals surface area contributed by atoms with Gasteiger partial charge >= 0.3 is 7.32 Å². The molecule has 0 heterocycles. The first-order chi connectivity index (χ1) is 24.0. The summed E-state index contributed by atoms with van der Waals surface area (Å²) in [4.78, 5) is 6.88. The first-order valence-corrected chi connectivity index (χ1v) is 16.7. The van der Waals surface area contributed by atoms with Crippen molar-refractivity contribution in [2.75, 3.05) is 34.3 Å². The van der Waals surface area contributed by atoms with Crippen molar-refractivity contribution in [3.63, 3.8) is 0 Å². The Morgan fingerprint density at radius 3 is 0.531 bits per heavy atom. The van der Waals surface area contributed by atoms with Gasteiger partial charge in [0, 0.05) is 53.8 Å². The molecule has 7 heteroatoms. The van der Waals surface area contributed by atoms with Gasteiger partial charge in [0.25, 0.3) is 0 Å². The molecule has 0 amide bonds. The van der Waals surface area contributed by atoms with Crippen LogP contribution in [0.5, 0.6) is 0 Å². The van der Waals surface area contributed by atoms with Gasteiger partial charge in [-0.15, -0.1) is 0 Å². The van der Waals surface area contributed by atoms with E-state index in [1.54, 1.807) is 0 Å². The molecule has 0 atom stereocenters. The Morgan fingerprint density at radius 1 is 0.306 bits per heavy atom. The van der Waals surface area contributed by atoms with Gasteiger partial charge < -0.3 is 29.8 Å². The molecule has 0 aromatic heterocycles.